The minimum absolute atomic E-state index is 0.108. The molecule has 0 bridgehead atoms. The summed E-state index contributed by atoms with van der Waals surface area (Å²) in [5.74, 6) is -0.108. The molecule has 1 saturated heterocycles. The van der Waals surface area contributed by atoms with Crippen molar-refractivity contribution >= 4 is 46.2 Å². The minimum Gasteiger partial charge on any atom is -0.351 e. The summed E-state index contributed by atoms with van der Waals surface area (Å²) in [6.07, 6.45) is 1.81. The largest absolute Gasteiger partial charge is 0.351 e. The molecule has 0 aliphatic carbocycles. The van der Waals surface area contributed by atoms with Crippen LogP contribution in [0.5, 0.6) is 0 Å². The molecule has 2 aromatic carbocycles. The monoisotopic (exact) mass is 529 g/mol. The van der Waals surface area contributed by atoms with Crippen LogP contribution in [0.1, 0.15) is 47.2 Å². The zero-order valence-corrected chi connectivity index (χ0v) is 22.7. The van der Waals surface area contributed by atoms with E-state index in [1.165, 1.54) is 18.1 Å². The lowest BCUT2D eigenvalue weighted by atomic mass is 9.93. The van der Waals surface area contributed by atoms with E-state index >= 15 is 0 Å². The van der Waals surface area contributed by atoms with Gasteiger partial charge in [-0.3, -0.25) is 9.78 Å². The number of carbonyl (C=O) groups is 1. The number of pyridine rings is 1. The Hall–Kier alpha value is -3.68. The third kappa shape index (κ3) is 4.61. The molecule has 2 aromatic heterocycles. The topological polar surface area (TPSA) is 62.2 Å². The number of hydrogen-bond acceptors (Lipinski definition) is 3. The molecule has 37 heavy (non-hydrogen) atoms. The van der Waals surface area contributed by atoms with E-state index in [1.807, 2.05) is 66.9 Å². The van der Waals surface area contributed by atoms with Crippen LogP contribution in [-0.4, -0.2) is 20.6 Å². The molecule has 5 rings (SSSR count). The van der Waals surface area contributed by atoms with Crippen molar-refractivity contribution in [3.63, 3.8) is 0 Å². The van der Waals surface area contributed by atoms with Crippen LogP contribution in [0.15, 0.2) is 72.9 Å². The fraction of sp³-hybridized carbons (Fsp3) is 0.207. The molecule has 0 spiro atoms. The van der Waals surface area contributed by atoms with Gasteiger partial charge in [-0.1, -0.05) is 23.7 Å². The Bertz CT molecular complexity index is 1480. The first kappa shape index (κ1) is 25.0. The highest BCUT2D eigenvalue weighted by molar-refractivity contribution is 7.80. The summed E-state index contributed by atoms with van der Waals surface area (Å²) >= 11 is 12.3. The van der Waals surface area contributed by atoms with Gasteiger partial charge in [0.05, 0.1) is 17.8 Å². The molecule has 3 heterocycles. The Morgan fingerprint density at radius 2 is 1.76 bits per heavy atom. The van der Waals surface area contributed by atoms with Crippen molar-refractivity contribution in [2.75, 3.05) is 10.2 Å². The third-order valence-corrected chi connectivity index (χ3v) is 7.48. The number of nitrogens with one attached hydrogen (secondary N) is 2. The van der Waals surface area contributed by atoms with Crippen molar-refractivity contribution in [2.24, 2.45) is 0 Å². The molecule has 0 radical (unpaired) electrons. The first-order chi connectivity index (χ1) is 17.8. The van der Waals surface area contributed by atoms with Crippen molar-refractivity contribution in [2.45, 2.75) is 39.8 Å². The van der Waals surface area contributed by atoms with Gasteiger partial charge >= 0.3 is 0 Å². The maximum atomic E-state index is 11.5. The fourth-order valence-electron chi connectivity index (χ4n) is 5.28. The van der Waals surface area contributed by atoms with Crippen LogP contribution in [0, 0.1) is 20.8 Å². The lowest BCUT2D eigenvalue weighted by molar-refractivity contribution is -0.114. The van der Waals surface area contributed by atoms with Crippen LogP contribution in [0.2, 0.25) is 5.02 Å². The van der Waals surface area contributed by atoms with Crippen molar-refractivity contribution in [1.29, 1.82) is 0 Å². The van der Waals surface area contributed by atoms with Gasteiger partial charge in [-0.2, -0.15) is 0 Å². The van der Waals surface area contributed by atoms with E-state index in [-0.39, 0.29) is 18.0 Å². The van der Waals surface area contributed by atoms with Gasteiger partial charge in [-0.05, 0) is 93.1 Å². The van der Waals surface area contributed by atoms with E-state index in [4.69, 9.17) is 23.8 Å². The predicted molar refractivity (Wildman–Crippen MR) is 154 cm³/mol. The van der Waals surface area contributed by atoms with Gasteiger partial charge in [0.15, 0.2) is 5.11 Å². The second-order valence-electron chi connectivity index (χ2n) is 9.25. The van der Waals surface area contributed by atoms with Crippen molar-refractivity contribution in [3.05, 3.63) is 106 Å². The van der Waals surface area contributed by atoms with Gasteiger partial charge in [-0.15, -0.1) is 0 Å². The number of hydrogen-bond donors (Lipinski definition) is 2. The number of rotatable bonds is 5. The molecule has 2 N–H and O–H groups in total. The maximum Gasteiger partial charge on any atom is 0.221 e. The van der Waals surface area contributed by atoms with Crippen LogP contribution in [0.4, 0.5) is 11.4 Å². The summed E-state index contributed by atoms with van der Waals surface area (Å²) in [5, 5.41) is 7.69. The number of benzene rings is 2. The average Bonchev–Trinajstić information content (AvgIpc) is 3.32. The van der Waals surface area contributed by atoms with Crippen LogP contribution in [-0.2, 0) is 4.79 Å². The SMILES string of the molecule is CC(=O)Nc1ccc(N2C(=S)N[C@@H](c3ccccn3)[C@H]2c2c(C)c(C)n(-c3cccc(Cl)c3)c2C)cc1. The zero-order valence-electron chi connectivity index (χ0n) is 21.1. The Morgan fingerprint density at radius 1 is 1.00 bits per heavy atom. The fourth-order valence-corrected chi connectivity index (χ4v) is 5.81. The molecule has 6 nitrogen and oxygen atoms in total. The quantitative estimate of drug-likeness (QED) is 0.286. The first-order valence-corrected chi connectivity index (χ1v) is 12.9. The summed E-state index contributed by atoms with van der Waals surface area (Å²) in [7, 11) is 0. The summed E-state index contributed by atoms with van der Waals surface area (Å²) in [5.41, 5.74) is 8.25. The van der Waals surface area contributed by atoms with Crippen LogP contribution >= 0.6 is 23.8 Å². The van der Waals surface area contributed by atoms with Gasteiger partial charge in [0, 0.05) is 52.2 Å². The predicted octanol–water partition coefficient (Wildman–Crippen LogP) is 6.59. The molecule has 1 amide bonds. The molecule has 188 valence electrons. The minimum atomic E-state index is -0.157. The molecule has 1 fully saturated rings. The van der Waals surface area contributed by atoms with E-state index in [1.54, 1.807) is 0 Å². The van der Waals surface area contributed by atoms with Gasteiger partial charge in [0.25, 0.3) is 0 Å². The highest BCUT2D eigenvalue weighted by Gasteiger charge is 2.43. The highest BCUT2D eigenvalue weighted by atomic mass is 35.5. The van der Waals surface area contributed by atoms with Gasteiger partial charge in [-0.25, -0.2) is 0 Å². The Morgan fingerprint density at radius 3 is 2.41 bits per heavy atom. The molecule has 0 saturated carbocycles. The summed E-state index contributed by atoms with van der Waals surface area (Å²) < 4.78 is 2.26. The van der Waals surface area contributed by atoms with Crippen LogP contribution in [0.25, 0.3) is 5.69 Å². The van der Waals surface area contributed by atoms with Crippen LogP contribution < -0.4 is 15.5 Å². The third-order valence-electron chi connectivity index (χ3n) is 6.93. The molecular formula is C29H28ClN5OS. The second-order valence-corrected chi connectivity index (χ2v) is 10.1. The van der Waals surface area contributed by atoms with Crippen molar-refractivity contribution in [1.82, 2.24) is 14.9 Å². The Labute approximate surface area is 227 Å². The van der Waals surface area contributed by atoms with Crippen LogP contribution in [0.3, 0.4) is 0 Å². The van der Waals surface area contributed by atoms with Crippen molar-refractivity contribution < 1.29 is 4.79 Å². The van der Waals surface area contributed by atoms with E-state index in [0.29, 0.717) is 10.1 Å². The lowest BCUT2D eigenvalue weighted by Crippen LogP contribution is -2.29. The average molecular weight is 530 g/mol. The number of thiocarbonyl (C=S) groups is 1. The second kappa shape index (κ2) is 10.00. The van der Waals surface area contributed by atoms with Gasteiger partial charge in [0.1, 0.15) is 0 Å². The number of nitrogens with zero attached hydrogens (tertiary/aromatic N) is 3. The number of anilines is 2. The van der Waals surface area contributed by atoms with Gasteiger partial charge < -0.3 is 20.1 Å². The Balaban J connectivity index is 1.68. The number of aromatic nitrogens is 2. The smallest absolute Gasteiger partial charge is 0.221 e. The number of halogens is 1. The molecule has 1 aliphatic heterocycles. The standard InChI is InChI=1S/C29H28ClN5OS/c1-17-18(2)34(24-9-7-8-21(30)16-24)19(3)26(17)28-27(25-10-5-6-15-31-25)33-29(37)35(28)23-13-11-22(12-14-23)32-20(4)36/h5-16,27-28H,1-4H3,(H,32,36)(H,33,37)/t27-,28+/m0/s1. The Kier molecular flexibility index (Phi) is 6.75. The zero-order chi connectivity index (χ0) is 26.3. The molecule has 2 atom stereocenters. The van der Waals surface area contributed by atoms with E-state index in [0.717, 1.165) is 34.1 Å². The van der Waals surface area contributed by atoms with Gasteiger partial charge in [0.2, 0.25) is 5.91 Å². The highest BCUT2D eigenvalue weighted by Crippen LogP contribution is 2.45. The first-order valence-electron chi connectivity index (χ1n) is 12.1. The number of carbonyl (C=O) groups excluding carboxylic acids is 1. The van der Waals surface area contributed by atoms with E-state index < -0.39 is 0 Å². The number of amides is 1. The van der Waals surface area contributed by atoms with Crippen molar-refractivity contribution in [3.8, 4) is 5.69 Å². The molecule has 0 unspecified atom stereocenters. The molecule has 8 heteroatoms. The molecule has 4 aromatic rings. The maximum absolute atomic E-state index is 11.5. The summed E-state index contributed by atoms with van der Waals surface area (Å²) in [4.78, 5) is 18.4. The van der Waals surface area contributed by atoms with E-state index in [2.05, 4.69) is 51.9 Å². The van der Waals surface area contributed by atoms with E-state index in [9.17, 15) is 4.79 Å². The summed E-state index contributed by atoms with van der Waals surface area (Å²) in [6.45, 7) is 7.94. The molecular weight excluding hydrogens is 502 g/mol. The summed E-state index contributed by atoms with van der Waals surface area (Å²) in [6, 6.07) is 21.3. The molecule has 1 aliphatic rings. The lowest BCUT2D eigenvalue weighted by Gasteiger charge is -2.29. The normalized spacial score (nSPS) is 17.1.